The van der Waals surface area contributed by atoms with Gasteiger partial charge in [0.15, 0.2) is 0 Å². The number of carbonyl (C=O) groups is 1. The molecule has 0 radical (unpaired) electrons. The molecular weight excluding hydrogens is 158 g/mol. The normalized spacial score (nSPS) is 9.00. The Balaban J connectivity index is 2.72. The maximum absolute atomic E-state index is 10.1. The minimum absolute atomic E-state index is 0.173. The first-order valence-electron chi connectivity index (χ1n) is 3.34. The van der Waals surface area contributed by atoms with Gasteiger partial charge in [-0.05, 0) is 22.9 Å². The van der Waals surface area contributed by atoms with Gasteiger partial charge in [-0.1, -0.05) is 12.1 Å². The van der Waals surface area contributed by atoms with Crippen molar-refractivity contribution in [2.75, 3.05) is 0 Å². The molecule has 0 amide bonds. The molecule has 0 aromatic heterocycles. The topological polar surface area (TPSA) is 55.7 Å². The van der Waals surface area contributed by atoms with E-state index in [1.807, 2.05) is 0 Å². The minimum atomic E-state index is 0.173. The van der Waals surface area contributed by atoms with Crippen molar-refractivity contribution in [3.8, 4) is 0 Å². The van der Waals surface area contributed by atoms with Crippen molar-refractivity contribution in [1.29, 1.82) is 0 Å². The molecule has 4 heteroatoms. The molecule has 4 nitrogen and oxygen atoms in total. The van der Waals surface area contributed by atoms with Crippen LogP contribution in [-0.4, -0.2) is 6.47 Å². The summed E-state index contributed by atoms with van der Waals surface area (Å²) in [6.07, 6.45) is 0. The zero-order valence-corrected chi connectivity index (χ0v) is 6.27. The molecule has 0 N–H and O–H groups in total. The van der Waals surface area contributed by atoms with Gasteiger partial charge in [0.2, 0.25) is 0 Å². The molecule has 12 heavy (non-hydrogen) atoms. The van der Waals surface area contributed by atoms with Crippen LogP contribution in [0.2, 0.25) is 0 Å². The summed E-state index contributed by atoms with van der Waals surface area (Å²) in [5.74, 6) is 0. The summed E-state index contributed by atoms with van der Waals surface area (Å²) in [6.45, 7) is 0.536. The first kappa shape index (κ1) is 8.39. The number of benzene rings is 1. The number of hydrogen-bond donors (Lipinski definition) is 0. The number of hydrogen-bond acceptors (Lipinski definition) is 4. The van der Waals surface area contributed by atoms with Crippen molar-refractivity contribution >= 4 is 12.2 Å². The van der Waals surface area contributed by atoms with Crippen LogP contribution in [0.5, 0.6) is 0 Å². The lowest BCUT2D eigenvalue weighted by molar-refractivity contribution is -0.129. The van der Waals surface area contributed by atoms with Crippen LogP contribution in [0.25, 0.3) is 0 Å². The van der Waals surface area contributed by atoms with E-state index in [-0.39, 0.29) is 6.61 Å². The van der Waals surface area contributed by atoms with Crippen LogP contribution in [0.4, 0.5) is 5.69 Å². The minimum Gasteiger partial charge on any atom is -0.463 e. The molecule has 0 fully saturated rings. The molecule has 0 unspecified atom stereocenters. The molecule has 0 saturated carbocycles. The number of carbonyl (C=O) groups excluding carboxylic acids is 1. The van der Waals surface area contributed by atoms with Crippen molar-refractivity contribution in [3.63, 3.8) is 0 Å². The van der Waals surface area contributed by atoms with E-state index in [1.165, 1.54) is 0 Å². The number of rotatable bonds is 4. The maximum Gasteiger partial charge on any atom is 0.293 e. The molecule has 0 atom stereocenters. The molecule has 0 bridgehead atoms. The molecule has 0 aliphatic heterocycles. The Hall–Kier alpha value is -1.71. The summed E-state index contributed by atoms with van der Waals surface area (Å²) in [7, 11) is 0. The van der Waals surface area contributed by atoms with Crippen molar-refractivity contribution in [2.24, 2.45) is 5.18 Å². The Morgan fingerprint density at radius 2 is 2.33 bits per heavy atom. The molecule has 0 heterocycles. The lowest BCUT2D eigenvalue weighted by atomic mass is 10.2. The fourth-order valence-corrected chi connectivity index (χ4v) is 0.833. The van der Waals surface area contributed by atoms with Gasteiger partial charge in [-0.15, -0.1) is 4.91 Å². The first-order valence-corrected chi connectivity index (χ1v) is 3.34. The second-order valence-electron chi connectivity index (χ2n) is 2.17. The van der Waals surface area contributed by atoms with E-state index in [0.717, 1.165) is 5.56 Å². The highest BCUT2D eigenvalue weighted by atomic mass is 16.5. The van der Waals surface area contributed by atoms with Crippen molar-refractivity contribution in [3.05, 3.63) is 34.7 Å². The Morgan fingerprint density at radius 1 is 1.50 bits per heavy atom. The molecular formula is C8H7NO3. The van der Waals surface area contributed by atoms with Crippen LogP contribution >= 0.6 is 0 Å². The average molecular weight is 165 g/mol. The first-order chi connectivity index (χ1) is 5.86. The van der Waals surface area contributed by atoms with Crippen LogP contribution in [0.3, 0.4) is 0 Å². The molecule has 0 aliphatic rings. The highest BCUT2D eigenvalue weighted by Crippen LogP contribution is 2.13. The fraction of sp³-hybridized carbons (Fsp3) is 0.125. The van der Waals surface area contributed by atoms with Crippen LogP contribution < -0.4 is 0 Å². The SMILES string of the molecule is O=COCc1cccc(N=O)c1. The largest absolute Gasteiger partial charge is 0.463 e. The number of nitrogens with zero attached hydrogens (tertiary/aromatic N) is 1. The van der Waals surface area contributed by atoms with E-state index in [2.05, 4.69) is 9.91 Å². The second-order valence-corrected chi connectivity index (χ2v) is 2.17. The summed E-state index contributed by atoms with van der Waals surface area (Å²) in [4.78, 5) is 19.9. The quantitative estimate of drug-likeness (QED) is 0.504. The van der Waals surface area contributed by atoms with Gasteiger partial charge in [0.25, 0.3) is 6.47 Å². The van der Waals surface area contributed by atoms with Gasteiger partial charge in [0, 0.05) is 0 Å². The summed E-state index contributed by atoms with van der Waals surface area (Å²) in [6, 6.07) is 6.58. The van der Waals surface area contributed by atoms with Crippen LogP contribution in [-0.2, 0) is 16.1 Å². The molecule has 0 saturated heterocycles. The third-order valence-electron chi connectivity index (χ3n) is 1.33. The molecule has 0 aliphatic carbocycles. The Bertz CT molecular complexity index is 285. The van der Waals surface area contributed by atoms with Gasteiger partial charge in [0.05, 0.1) is 0 Å². The van der Waals surface area contributed by atoms with Crippen molar-refractivity contribution in [1.82, 2.24) is 0 Å². The Labute approximate surface area is 69.1 Å². The zero-order chi connectivity index (χ0) is 8.81. The highest BCUT2D eigenvalue weighted by Gasteiger charge is 1.94. The van der Waals surface area contributed by atoms with Gasteiger partial charge >= 0.3 is 0 Å². The molecule has 1 aromatic carbocycles. The van der Waals surface area contributed by atoms with E-state index in [4.69, 9.17) is 0 Å². The molecule has 1 rings (SSSR count). The van der Waals surface area contributed by atoms with Crippen LogP contribution in [0.1, 0.15) is 5.56 Å². The highest BCUT2D eigenvalue weighted by molar-refractivity contribution is 5.41. The van der Waals surface area contributed by atoms with Gasteiger partial charge in [-0.3, -0.25) is 4.79 Å². The van der Waals surface area contributed by atoms with Crippen LogP contribution in [0.15, 0.2) is 29.4 Å². The Kier molecular flexibility index (Phi) is 2.95. The van der Waals surface area contributed by atoms with Crippen LogP contribution in [0, 0.1) is 4.91 Å². The average Bonchev–Trinajstić information content (AvgIpc) is 2.15. The lowest BCUT2D eigenvalue weighted by Gasteiger charge is -1.98. The van der Waals surface area contributed by atoms with E-state index < -0.39 is 0 Å². The van der Waals surface area contributed by atoms with E-state index >= 15 is 0 Å². The summed E-state index contributed by atoms with van der Waals surface area (Å²) in [5.41, 5.74) is 1.08. The smallest absolute Gasteiger partial charge is 0.293 e. The number of ether oxygens (including phenoxy) is 1. The predicted molar refractivity (Wildman–Crippen MR) is 42.8 cm³/mol. The van der Waals surface area contributed by atoms with E-state index in [0.29, 0.717) is 12.2 Å². The zero-order valence-electron chi connectivity index (χ0n) is 6.27. The van der Waals surface area contributed by atoms with E-state index in [1.54, 1.807) is 24.3 Å². The summed E-state index contributed by atoms with van der Waals surface area (Å²) < 4.78 is 4.49. The molecule has 1 aromatic rings. The van der Waals surface area contributed by atoms with Gasteiger partial charge in [-0.25, -0.2) is 0 Å². The third kappa shape index (κ3) is 2.16. The molecule has 0 spiro atoms. The predicted octanol–water partition coefficient (Wildman–Crippen LogP) is 1.76. The van der Waals surface area contributed by atoms with Crippen molar-refractivity contribution < 1.29 is 9.53 Å². The summed E-state index contributed by atoms with van der Waals surface area (Å²) in [5, 5.41) is 2.75. The van der Waals surface area contributed by atoms with Gasteiger partial charge in [-0.2, -0.15) is 0 Å². The third-order valence-corrected chi connectivity index (χ3v) is 1.33. The maximum atomic E-state index is 10.1. The molecule has 62 valence electrons. The second kappa shape index (κ2) is 4.23. The van der Waals surface area contributed by atoms with E-state index in [9.17, 15) is 9.70 Å². The Morgan fingerprint density at radius 3 is 3.00 bits per heavy atom. The fourth-order valence-electron chi connectivity index (χ4n) is 0.833. The van der Waals surface area contributed by atoms with Crippen molar-refractivity contribution in [2.45, 2.75) is 6.61 Å². The standard InChI is InChI=1S/C8H7NO3/c10-6-12-5-7-2-1-3-8(4-7)9-11/h1-4,6H,5H2. The van der Waals surface area contributed by atoms with Gasteiger partial charge < -0.3 is 4.74 Å². The number of nitroso groups, excluding NO2 is 1. The monoisotopic (exact) mass is 165 g/mol. The lowest BCUT2D eigenvalue weighted by Crippen LogP contribution is -1.88. The summed E-state index contributed by atoms with van der Waals surface area (Å²) >= 11 is 0. The van der Waals surface area contributed by atoms with Gasteiger partial charge in [0.1, 0.15) is 12.3 Å².